The van der Waals surface area contributed by atoms with Gasteiger partial charge in [0.05, 0.1) is 4.92 Å². The van der Waals surface area contributed by atoms with Crippen LogP contribution in [0.1, 0.15) is 28.9 Å². The summed E-state index contributed by atoms with van der Waals surface area (Å²) in [4.78, 5) is 47.0. The van der Waals surface area contributed by atoms with Gasteiger partial charge in [-0.1, -0.05) is 0 Å². The molecule has 3 N–H and O–H groups in total. The highest BCUT2D eigenvalue weighted by Gasteiger charge is 2.23. The molecule has 1 amide bonds. The first-order chi connectivity index (χ1) is 10.2. The van der Waals surface area contributed by atoms with E-state index in [9.17, 15) is 24.5 Å². The van der Waals surface area contributed by atoms with Crippen LogP contribution in [0.5, 0.6) is 0 Å². The molecule has 10 heteroatoms. The number of aryl methyl sites for hydroxylation is 1. The maximum absolute atomic E-state index is 12.0. The third-order valence-electron chi connectivity index (χ3n) is 2.74. The molecule has 10 nitrogen and oxygen atoms in total. The fourth-order valence-electron chi connectivity index (χ4n) is 1.65. The van der Waals surface area contributed by atoms with E-state index in [0.29, 0.717) is 0 Å². The zero-order valence-electron chi connectivity index (χ0n) is 11.5. The molecule has 0 radical (unpaired) electrons. The van der Waals surface area contributed by atoms with Crippen molar-refractivity contribution < 1.29 is 29.5 Å². The summed E-state index contributed by atoms with van der Waals surface area (Å²) in [6.07, 6.45) is 0.168. The second-order valence-electron chi connectivity index (χ2n) is 4.41. The summed E-state index contributed by atoms with van der Waals surface area (Å²) in [7, 11) is 0. The summed E-state index contributed by atoms with van der Waals surface area (Å²) >= 11 is 0. The molecule has 0 aliphatic rings. The second kappa shape index (κ2) is 7.11. The molecule has 0 bridgehead atoms. The summed E-state index contributed by atoms with van der Waals surface area (Å²) in [5.41, 5.74) is -0.254. The van der Waals surface area contributed by atoms with Crippen molar-refractivity contribution in [2.45, 2.75) is 25.8 Å². The average molecular weight is 311 g/mol. The summed E-state index contributed by atoms with van der Waals surface area (Å²) in [5, 5.41) is 30.2. The van der Waals surface area contributed by atoms with E-state index in [2.05, 4.69) is 10.3 Å². The molecule has 0 aromatic carbocycles. The van der Waals surface area contributed by atoms with Crippen LogP contribution in [0.4, 0.5) is 5.69 Å². The molecule has 1 aromatic rings. The summed E-state index contributed by atoms with van der Waals surface area (Å²) in [6.45, 7) is 1.42. The monoisotopic (exact) mass is 311 g/mol. The molecule has 0 aliphatic carbocycles. The predicted molar refractivity (Wildman–Crippen MR) is 71.4 cm³/mol. The highest BCUT2D eigenvalue weighted by molar-refractivity contribution is 5.96. The number of nitro groups is 1. The summed E-state index contributed by atoms with van der Waals surface area (Å²) in [6, 6.07) is -0.255. The number of aliphatic carboxylic acids is 2. The average Bonchev–Trinajstić information content (AvgIpc) is 2.42. The largest absolute Gasteiger partial charge is 0.481 e. The smallest absolute Gasteiger partial charge is 0.326 e. The SMILES string of the molecule is Cc1cc([N+](=O)[O-])cnc1C(=O)N[C@@H](CCC(=O)O)C(=O)O. The number of nitrogens with one attached hydrogen (secondary N) is 1. The van der Waals surface area contributed by atoms with Crippen molar-refractivity contribution in [2.24, 2.45) is 0 Å². The molecule has 0 aliphatic heterocycles. The number of hydrogen-bond donors (Lipinski definition) is 3. The Balaban J connectivity index is 2.88. The van der Waals surface area contributed by atoms with Crippen LogP contribution >= 0.6 is 0 Å². The van der Waals surface area contributed by atoms with Crippen LogP contribution in [-0.2, 0) is 9.59 Å². The van der Waals surface area contributed by atoms with Gasteiger partial charge in [0.15, 0.2) is 0 Å². The van der Waals surface area contributed by atoms with Crippen LogP contribution in [0.3, 0.4) is 0 Å². The Hall–Kier alpha value is -3.04. The van der Waals surface area contributed by atoms with Gasteiger partial charge in [-0.15, -0.1) is 0 Å². The lowest BCUT2D eigenvalue weighted by molar-refractivity contribution is -0.385. The molecule has 22 heavy (non-hydrogen) atoms. The van der Waals surface area contributed by atoms with E-state index in [1.54, 1.807) is 0 Å². The van der Waals surface area contributed by atoms with E-state index >= 15 is 0 Å². The Morgan fingerprint density at radius 2 is 2.05 bits per heavy atom. The number of carbonyl (C=O) groups is 3. The molecular formula is C12H13N3O7. The Kier molecular flexibility index (Phi) is 5.50. The van der Waals surface area contributed by atoms with Gasteiger partial charge in [0.2, 0.25) is 0 Å². The number of carboxylic acid groups (broad SMARTS) is 2. The predicted octanol–water partition coefficient (Wildman–Crippen LogP) is 0.346. The lowest BCUT2D eigenvalue weighted by atomic mass is 10.1. The molecule has 0 unspecified atom stereocenters. The number of carboxylic acids is 2. The van der Waals surface area contributed by atoms with Gasteiger partial charge in [-0.2, -0.15) is 0 Å². The maximum atomic E-state index is 12.0. The van der Waals surface area contributed by atoms with Crippen molar-refractivity contribution in [3.8, 4) is 0 Å². The van der Waals surface area contributed by atoms with Crippen molar-refractivity contribution >= 4 is 23.5 Å². The molecule has 1 atom stereocenters. The van der Waals surface area contributed by atoms with Gasteiger partial charge in [-0.05, 0) is 18.9 Å². The van der Waals surface area contributed by atoms with Crippen LogP contribution in [0.15, 0.2) is 12.3 Å². The molecular weight excluding hydrogens is 298 g/mol. The number of aromatic nitrogens is 1. The second-order valence-corrected chi connectivity index (χ2v) is 4.41. The molecule has 1 heterocycles. The van der Waals surface area contributed by atoms with Crippen molar-refractivity contribution in [1.29, 1.82) is 0 Å². The van der Waals surface area contributed by atoms with Gasteiger partial charge in [0.1, 0.15) is 17.9 Å². The topological polar surface area (TPSA) is 160 Å². The number of amides is 1. The zero-order chi connectivity index (χ0) is 16.9. The van der Waals surface area contributed by atoms with Crippen molar-refractivity contribution in [3.63, 3.8) is 0 Å². The fourth-order valence-corrected chi connectivity index (χ4v) is 1.65. The van der Waals surface area contributed by atoms with Gasteiger partial charge in [0.25, 0.3) is 11.6 Å². The quantitative estimate of drug-likeness (QED) is 0.480. The molecule has 118 valence electrons. The van der Waals surface area contributed by atoms with Gasteiger partial charge >= 0.3 is 11.9 Å². The minimum atomic E-state index is -1.39. The lowest BCUT2D eigenvalue weighted by Gasteiger charge is -2.13. The first-order valence-corrected chi connectivity index (χ1v) is 6.09. The van der Waals surface area contributed by atoms with Gasteiger partial charge in [0, 0.05) is 12.5 Å². The Labute approximate surface area is 123 Å². The van der Waals surface area contributed by atoms with Gasteiger partial charge in [-0.3, -0.25) is 19.7 Å². The Bertz CT molecular complexity index is 629. The Morgan fingerprint density at radius 3 is 2.50 bits per heavy atom. The Morgan fingerprint density at radius 1 is 1.41 bits per heavy atom. The van der Waals surface area contributed by atoms with Crippen molar-refractivity contribution in [2.75, 3.05) is 0 Å². The normalized spacial score (nSPS) is 11.5. The zero-order valence-corrected chi connectivity index (χ0v) is 11.5. The van der Waals surface area contributed by atoms with Crippen LogP contribution in [0.2, 0.25) is 0 Å². The van der Waals surface area contributed by atoms with E-state index in [0.717, 1.165) is 12.3 Å². The van der Waals surface area contributed by atoms with Crippen LogP contribution in [0, 0.1) is 17.0 Å². The van der Waals surface area contributed by atoms with E-state index < -0.39 is 35.2 Å². The lowest BCUT2D eigenvalue weighted by Crippen LogP contribution is -2.41. The highest BCUT2D eigenvalue weighted by atomic mass is 16.6. The molecule has 0 saturated carbocycles. The van der Waals surface area contributed by atoms with Gasteiger partial charge in [-0.25, -0.2) is 9.78 Å². The standard InChI is InChI=1S/C12H13N3O7/c1-6-4-7(15(21)22)5-13-10(6)11(18)14-8(12(19)20)2-3-9(16)17/h4-5,8H,2-3H2,1H3,(H,14,18)(H,16,17)(H,19,20)/t8-/m0/s1. The van der Waals surface area contributed by atoms with E-state index in [1.807, 2.05) is 0 Å². The third-order valence-corrected chi connectivity index (χ3v) is 2.74. The van der Waals surface area contributed by atoms with Gasteiger partial charge < -0.3 is 15.5 Å². The first-order valence-electron chi connectivity index (χ1n) is 6.09. The first kappa shape index (κ1) is 17.0. The minimum Gasteiger partial charge on any atom is -0.481 e. The summed E-state index contributed by atoms with van der Waals surface area (Å²) in [5.74, 6) is -3.41. The minimum absolute atomic E-state index is 0.160. The number of pyridine rings is 1. The summed E-state index contributed by atoms with van der Waals surface area (Å²) < 4.78 is 0. The maximum Gasteiger partial charge on any atom is 0.326 e. The molecule has 1 rings (SSSR count). The van der Waals surface area contributed by atoms with Crippen LogP contribution in [0.25, 0.3) is 0 Å². The van der Waals surface area contributed by atoms with E-state index in [4.69, 9.17) is 10.2 Å². The van der Waals surface area contributed by atoms with Crippen molar-refractivity contribution in [1.82, 2.24) is 10.3 Å². The van der Waals surface area contributed by atoms with E-state index in [-0.39, 0.29) is 23.4 Å². The number of nitrogens with zero attached hydrogens (tertiary/aromatic N) is 2. The molecule has 0 saturated heterocycles. The number of rotatable bonds is 7. The highest BCUT2D eigenvalue weighted by Crippen LogP contribution is 2.14. The third kappa shape index (κ3) is 4.51. The fraction of sp³-hybridized carbons (Fsp3) is 0.333. The van der Waals surface area contributed by atoms with Crippen LogP contribution in [-0.4, -0.2) is 44.0 Å². The molecule has 0 spiro atoms. The molecule has 0 fully saturated rings. The van der Waals surface area contributed by atoms with E-state index in [1.165, 1.54) is 6.92 Å². The number of hydrogen-bond acceptors (Lipinski definition) is 6. The van der Waals surface area contributed by atoms with Crippen LogP contribution < -0.4 is 5.32 Å². The molecule has 1 aromatic heterocycles. The van der Waals surface area contributed by atoms with Crippen molar-refractivity contribution in [3.05, 3.63) is 33.6 Å². The number of carbonyl (C=O) groups excluding carboxylic acids is 1.